The van der Waals surface area contributed by atoms with Gasteiger partial charge in [-0.1, -0.05) is 30.0 Å². The van der Waals surface area contributed by atoms with Crippen molar-refractivity contribution < 1.29 is 15.0 Å². The summed E-state index contributed by atoms with van der Waals surface area (Å²) in [6.45, 7) is 2.52. The molecule has 3 fully saturated rings. The van der Waals surface area contributed by atoms with E-state index in [1.165, 1.54) is 5.56 Å². The molecule has 0 bridgehead atoms. The van der Waals surface area contributed by atoms with Gasteiger partial charge in [0.1, 0.15) is 5.60 Å². The molecule has 0 radical (unpaired) electrons. The Balaban J connectivity index is 1.31. The molecule has 2 aliphatic heterocycles. The summed E-state index contributed by atoms with van der Waals surface area (Å²) in [5.74, 6) is 6.55. The van der Waals surface area contributed by atoms with E-state index in [2.05, 4.69) is 33.9 Å². The molecule has 1 amide bonds. The van der Waals surface area contributed by atoms with E-state index in [1.54, 1.807) is 12.4 Å². The number of aliphatic hydroxyl groups is 2. The van der Waals surface area contributed by atoms with E-state index >= 15 is 0 Å². The summed E-state index contributed by atoms with van der Waals surface area (Å²) >= 11 is 0. The van der Waals surface area contributed by atoms with Crippen LogP contribution >= 0.6 is 0 Å². The van der Waals surface area contributed by atoms with Crippen LogP contribution in [0.25, 0.3) is 0 Å². The van der Waals surface area contributed by atoms with Gasteiger partial charge in [-0.3, -0.25) is 14.7 Å². The number of hydrogen-bond acceptors (Lipinski definition) is 5. The molecule has 35 heavy (non-hydrogen) atoms. The first-order valence-corrected chi connectivity index (χ1v) is 13.0. The van der Waals surface area contributed by atoms with Gasteiger partial charge in [0.2, 0.25) is 5.91 Å². The number of rotatable bonds is 4. The van der Waals surface area contributed by atoms with Gasteiger partial charge in [0.25, 0.3) is 0 Å². The average Bonchev–Trinajstić information content (AvgIpc) is 3.30. The van der Waals surface area contributed by atoms with Gasteiger partial charge in [0, 0.05) is 49.0 Å². The fourth-order valence-corrected chi connectivity index (χ4v) is 6.02. The smallest absolute Gasteiger partial charge is 0.227 e. The van der Waals surface area contributed by atoms with Gasteiger partial charge < -0.3 is 15.1 Å². The van der Waals surface area contributed by atoms with Crippen LogP contribution in [0.2, 0.25) is 0 Å². The number of carbonyl (C=O) groups excluding carboxylic acids is 1. The van der Waals surface area contributed by atoms with Gasteiger partial charge in [-0.05, 0) is 74.4 Å². The van der Waals surface area contributed by atoms with Crippen molar-refractivity contribution in [1.29, 1.82) is 0 Å². The first kappa shape index (κ1) is 24.0. The maximum atomic E-state index is 13.1. The minimum Gasteiger partial charge on any atom is -0.395 e. The predicted molar refractivity (Wildman–Crippen MR) is 135 cm³/mol. The lowest BCUT2D eigenvalue weighted by Gasteiger charge is -2.57. The highest BCUT2D eigenvalue weighted by Gasteiger charge is 2.49. The molecule has 0 unspecified atom stereocenters. The molecule has 6 heteroatoms. The summed E-state index contributed by atoms with van der Waals surface area (Å²) in [6.07, 6.45) is 9.44. The second-order valence-electron chi connectivity index (χ2n) is 10.3. The number of hydrogen-bond donors (Lipinski definition) is 2. The molecule has 1 aromatic heterocycles. The predicted octanol–water partition coefficient (Wildman–Crippen LogP) is 2.73. The number of nitrogens with zero attached hydrogens (tertiary/aromatic N) is 3. The standard InChI is InChI=1S/C29H35N3O3/c33-21-26-28(24-9-7-22(8-10-24)11-14-29(35)12-1-2-13-29)25-20-31(16-3-4-17-32(25)26)27(34)18-23-6-5-15-30-19-23/h5-10,15,19,25-26,28,33,35H,1-4,12-13,16-18,20-21H2/t25-,26-,28+/m0/s1. The molecule has 5 rings (SSSR count). The number of carbonyl (C=O) groups is 1. The van der Waals surface area contributed by atoms with Crippen molar-refractivity contribution in [3.63, 3.8) is 0 Å². The average molecular weight is 474 g/mol. The van der Waals surface area contributed by atoms with Crippen LogP contribution in [0.15, 0.2) is 48.8 Å². The molecule has 0 spiro atoms. The van der Waals surface area contributed by atoms with E-state index in [0.29, 0.717) is 13.0 Å². The van der Waals surface area contributed by atoms with Crippen LogP contribution < -0.4 is 0 Å². The number of aliphatic hydroxyl groups excluding tert-OH is 1. The lowest BCUT2D eigenvalue weighted by Crippen LogP contribution is -2.68. The topological polar surface area (TPSA) is 76.9 Å². The van der Waals surface area contributed by atoms with E-state index in [1.807, 2.05) is 29.2 Å². The Morgan fingerprint density at radius 1 is 1.09 bits per heavy atom. The van der Waals surface area contributed by atoms with Crippen molar-refractivity contribution in [3.05, 3.63) is 65.5 Å². The third kappa shape index (κ3) is 5.28. The lowest BCUT2D eigenvalue weighted by molar-refractivity contribution is -0.135. The van der Waals surface area contributed by atoms with Crippen LogP contribution in [0.5, 0.6) is 0 Å². The fourth-order valence-electron chi connectivity index (χ4n) is 6.02. The summed E-state index contributed by atoms with van der Waals surface area (Å²) in [6, 6.07) is 12.3. The van der Waals surface area contributed by atoms with Gasteiger partial charge in [0.05, 0.1) is 13.0 Å². The zero-order chi connectivity index (χ0) is 24.3. The van der Waals surface area contributed by atoms with E-state index in [0.717, 1.165) is 62.7 Å². The lowest BCUT2D eigenvalue weighted by atomic mass is 9.74. The Kier molecular flexibility index (Phi) is 7.19. The van der Waals surface area contributed by atoms with Crippen molar-refractivity contribution in [3.8, 4) is 11.8 Å². The second-order valence-corrected chi connectivity index (χ2v) is 10.3. The monoisotopic (exact) mass is 473 g/mol. The van der Waals surface area contributed by atoms with Crippen molar-refractivity contribution in [1.82, 2.24) is 14.8 Å². The van der Waals surface area contributed by atoms with E-state index in [-0.39, 0.29) is 30.5 Å². The fraction of sp³-hybridized carbons (Fsp3) is 0.517. The summed E-state index contributed by atoms with van der Waals surface area (Å²) in [4.78, 5) is 21.7. The van der Waals surface area contributed by atoms with Crippen molar-refractivity contribution in [2.24, 2.45) is 0 Å². The molecule has 3 atom stereocenters. The van der Waals surface area contributed by atoms with Crippen LogP contribution in [-0.4, -0.2) is 74.8 Å². The molecule has 2 N–H and O–H groups in total. The molecule has 3 heterocycles. The first-order chi connectivity index (χ1) is 17.1. The summed E-state index contributed by atoms with van der Waals surface area (Å²) in [5.41, 5.74) is 2.18. The molecule has 2 aromatic rings. The number of aromatic nitrogens is 1. The largest absolute Gasteiger partial charge is 0.395 e. The molecule has 6 nitrogen and oxygen atoms in total. The number of benzene rings is 1. The van der Waals surface area contributed by atoms with Crippen molar-refractivity contribution >= 4 is 5.91 Å². The van der Waals surface area contributed by atoms with E-state index < -0.39 is 5.60 Å². The quantitative estimate of drug-likeness (QED) is 0.668. The first-order valence-electron chi connectivity index (χ1n) is 13.0. The van der Waals surface area contributed by atoms with Crippen LogP contribution in [0, 0.1) is 11.8 Å². The zero-order valence-electron chi connectivity index (χ0n) is 20.3. The molecule has 3 aliphatic rings. The molecule has 184 valence electrons. The summed E-state index contributed by atoms with van der Waals surface area (Å²) in [5, 5.41) is 20.7. The molecule has 1 aromatic carbocycles. The van der Waals surface area contributed by atoms with Gasteiger partial charge in [-0.2, -0.15) is 0 Å². The molecule has 1 saturated carbocycles. The Hall–Kier alpha value is -2.72. The third-order valence-electron chi connectivity index (χ3n) is 7.97. The van der Waals surface area contributed by atoms with Gasteiger partial charge >= 0.3 is 0 Å². The maximum Gasteiger partial charge on any atom is 0.227 e. The Bertz CT molecular complexity index is 1070. The SMILES string of the molecule is O=C(Cc1cccnc1)N1CCCCN2[C@@H](CO)[C@H](c3ccc(C#CC4(O)CCCC4)cc3)[C@@H]2C1. The van der Waals surface area contributed by atoms with Crippen molar-refractivity contribution in [2.45, 2.75) is 68.5 Å². The van der Waals surface area contributed by atoms with Crippen LogP contribution in [0.4, 0.5) is 0 Å². The Morgan fingerprint density at radius 2 is 1.86 bits per heavy atom. The number of amides is 1. The van der Waals surface area contributed by atoms with Gasteiger partial charge in [-0.15, -0.1) is 0 Å². The normalized spacial score (nSPS) is 26.0. The third-order valence-corrected chi connectivity index (χ3v) is 7.97. The highest BCUT2D eigenvalue weighted by molar-refractivity contribution is 5.78. The minimum absolute atomic E-state index is 0.0736. The Morgan fingerprint density at radius 3 is 2.57 bits per heavy atom. The Labute approximate surface area is 208 Å². The second kappa shape index (κ2) is 10.5. The van der Waals surface area contributed by atoms with E-state index in [9.17, 15) is 15.0 Å². The zero-order valence-corrected chi connectivity index (χ0v) is 20.3. The summed E-state index contributed by atoms with van der Waals surface area (Å²) in [7, 11) is 0. The van der Waals surface area contributed by atoms with Crippen LogP contribution in [0.1, 0.15) is 61.1 Å². The van der Waals surface area contributed by atoms with Gasteiger partial charge in [-0.25, -0.2) is 0 Å². The number of fused-ring (bicyclic) bond motifs is 1. The molecule has 2 saturated heterocycles. The minimum atomic E-state index is -0.834. The maximum absolute atomic E-state index is 13.1. The molecule has 1 aliphatic carbocycles. The highest BCUT2D eigenvalue weighted by atomic mass is 16.3. The summed E-state index contributed by atoms with van der Waals surface area (Å²) < 4.78 is 0. The van der Waals surface area contributed by atoms with Crippen molar-refractivity contribution in [2.75, 3.05) is 26.2 Å². The molecular weight excluding hydrogens is 438 g/mol. The molecular formula is C29H35N3O3. The highest BCUT2D eigenvalue weighted by Crippen LogP contribution is 2.42. The van der Waals surface area contributed by atoms with E-state index in [4.69, 9.17) is 0 Å². The number of pyridine rings is 1. The van der Waals surface area contributed by atoms with Gasteiger partial charge in [0.15, 0.2) is 0 Å². The van der Waals surface area contributed by atoms with Crippen LogP contribution in [-0.2, 0) is 11.2 Å². The van der Waals surface area contributed by atoms with Crippen LogP contribution in [0.3, 0.4) is 0 Å².